The fourth-order valence-corrected chi connectivity index (χ4v) is 2.64. The Bertz CT molecular complexity index is 718. The van der Waals surface area contributed by atoms with E-state index in [4.69, 9.17) is 17.2 Å². The molecule has 0 aliphatic carbocycles. The molecular weight excluding hydrogens is 392 g/mol. The summed E-state index contributed by atoms with van der Waals surface area (Å²) in [5.74, 6) is -2.48. The molecule has 10 N–H and O–H groups in total. The van der Waals surface area contributed by atoms with Crippen LogP contribution in [-0.4, -0.2) is 63.5 Å². The number of nitrogens with two attached hydrogens (primary N) is 3. The van der Waals surface area contributed by atoms with E-state index in [9.17, 15) is 19.5 Å². The molecule has 4 atom stereocenters. The number of aromatic amines is 1. The van der Waals surface area contributed by atoms with Crippen molar-refractivity contribution in [1.29, 1.82) is 0 Å². The zero-order valence-electron chi connectivity index (χ0n) is 17.3. The summed E-state index contributed by atoms with van der Waals surface area (Å²) < 4.78 is 0. The molecule has 1 aromatic rings. The molecule has 1 rings (SSSR count). The molecule has 30 heavy (non-hydrogen) atoms. The van der Waals surface area contributed by atoms with Gasteiger partial charge in [0.05, 0.1) is 12.4 Å². The van der Waals surface area contributed by atoms with Crippen LogP contribution in [0.1, 0.15) is 38.8 Å². The molecule has 0 aromatic carbocycles. The van der Waals surface area contributed by atoms with Gasteiger partial charge in [-0.3, -0.25) is 14.6 Å². The van der Waals surface area contributed by atoms with Crippen molar-refractivity contribution in [1.82, 2.24) is 20.6 Å². The Morgan fingerprint density at radius 3 is 2.43 bits per heavy atom. The van der Waals surface area contributed by atoms with Crippen molar-refractivity contribution in [2.75, 3.05) is 6.54 Å². The molecule has 0 fully saturated rings. The largest absolute Gasteiger partial charge is 0.480 e. The van der Waals surface area contributed by atoms with Gasteiger partial charge < -0.3 is 37.9 Å². The maximum atomic E-state index is 12.8. The number of carbonyl (C=O) groups excluding carboxylic acids is 2. The number of aliphatic carboxylic acids is 1. The number of rotatable bonds is 13. The second-order valence-electron chi connectivity index (χ2n) is 7.10. The van der Waals surface area contributed by atoms with Gasteiger partial charge in [0.25, 0.3) is 0 Å². The average molecular weight is 425 g/mol. The number of imidazole rings is 1. The lowest BCUT2D eigenvalue weighted by atomic mass is 9.98. The fourth-order valence-electron chi connectivity index (χ4n) is 2.64. The molecule has 0 radical (unpaired) electrons. The SMILES string of the molecule is CCC(C)C(N)C(=O)NC(CCCN=C(N)N)C(=O)NC(Cc1cnc[nH]1)C(=O)O. The van der Waals surface area contributed by atoms with Crippen molar-refractivity contribution < 1.29 is 19.5 Å². The Kier molecular flexibility index (Phi) is 10.3. The highest BCUT2D eigenvalue weighted by molar-refractivity contribution is 5.91. The monoisotopic (exact) mass is 424 g/mol. The molecule has 2 amide bonds. The van der Waals surface area contributed by atoms with Crippen molar-refractivity contribution in [2.45, 2.75) is 57.7 Å². The Morgan fingerprint density at radius 1 is 1.23 bits per heavy atom. The summed E-state index contributed by atoms with van der Waals surface area (Å²) in [4.78, 5) is 47.3. The summed E-state index contributed by atoms with van der Waals surface area (Å²) in [5, 5.41) is 14.5. The minimum Gasteiger partial charge on any atom is -0.480 e. The number of hydrogen-bond acceptors (Lipinski definition) is 6. The van der Waals surface area contributed by atoms with Gasteiger partial charge in [-0.25, -0.2) is 9.78 Å². The second-order valence-corrected chi connectivity index (χ2v) is 7.10. The molecule has 4 unspecified atom stereocenters. The summed E-state index contributed by atoms with van der Waals surface area (Å²) in [6.45, 7) is 4.00. The van der Waals surface area contributed by atoms with Gasteiger partial charge in [0, 0.05) is 24.9 Å². The smallest absolute Gasteiger partial charge is 0.326 e. The Hall–Kier alpha value is -3.15. The van der Waals surface area contributed by atoms with Gasteiger partial charge >= 0.3 is 5.97 Å². The second kappa shape index (κ2) is 12.4. The number of hydrogen-bond donors (Lipinski definition) is 7. The number of aromatic nitrogens is 2. The molecule has 0 bridgehead atoms. The van der Waals surface area contributed by atoms with Crippen molar-refractivity contribution in [3.8, 4) is 0 Å². The topological polar surface area (TPSA) is 215 Å². The van der Waals surface area contributed by atoms with Crippen LogP contribution in [0.15, 0.2) is 17.5 Å². The van der Waals surface area contributed by atoms with E-state index in [1.165, 1.54) is 12.5 Å². The highest BCUT2D eigenvalue weighted by atomic mass is 16.4. The lowest BCUT2D eigenvalue weighted by molar-refractivity contribution is -0.142. The normalized spacial score (nSPS) is 14.8. The van der Waals surface area contributed by atoms with E-state index >= 15 is 0 Å². The number of amides is 2. The zero-order valence-corrected chi connectivity index (χ0v) is 17.3. The third-order valence-electron chi connectivity index (χ3n) is 4.73. The van der Waals surface area contributed by atoms with Crippen LogP contribution >= 0.6 is 0 Å². The minimum atomic E-state index is -1.21. The minimum absolute atomic E-state index is 0.0160. The van der Waals surface area contributed by atoms with Gasteiger partial charge in [-0.1, -0.05) is 20.3 Å². The predicted octanol–water partition coefficient (Wildman–Crippen LogP) is -1.57. The first-order valence-corrected chi connectivity index (χ1v) is 9.77. The molecule has 1 heterocycles. The van der Waals surface area contributed by atoms with E-state index in [0.717, 1.165) is 0 Å². The summed E-state index contributed by atoms with van der Waals surface area (Å²) in [5.41, 5.74) is 17.1. The number of carboxylic acid groups (broad SMARTS) is 1. The van der Waals surface area contributed by atoms with E-state index in [1.807, 2.05) is 13.8 Å². The Morgan fingerprint density at radius 2 is 1.90 bits per heavy atom. The van der Waals surface area contributed by atoms with E-state index in [1.54, 1.807) is 0 Å². The summed E-state index contributed by atoms with van der Waals surface area (Å²) in [7, 11) is 0. The number of nitrogens with one attached hydrogen (secondary N) is 3. The van der Waals surface area contributed by atoms with Crippen LogP contribution in [0.5, 0.6) is 0 Å². The average Bonchev–Trinajstić information content (AvgIpc) is 3.21. The molecule has 1 aromatic heterocycles. The number of aliphatic imine (C=N–C) groups is 1. The number of nitrogens with zero attached hydrogens (tertiary/aromatic N) is 2. The van der Waals surface area contributed by atoms with Crippen LogP contribution in [0, 0.1) is 5.92 Å². The third-order valence-corrected chi connectivity index (χ3v) is 4.73. The summed E-state index contributed by atoms with van der Waals surface area (Å²) in [6.07, 6.45) is 4.20. The lowest BCUT2D eigenvalue weighted by Crippen LogP contribution is -2.55. The van der Waals surface area contributed by atoms with E-state index in [0.29, 0.717) is 18.5 Å². The first-order valence-electron chi connectivity index (χ1n) is 9.77. The number of carboxylic acids is 1. The first-order chi connectivity index (χ1) is 14.1. The maximum Gasteiger partial charge on any atom is 0.326 e. The molecule has 12 heteroatoms. The highest BCUT2D eigenvalue weighted by Crippen LogP contribution is 2.08. The number of H-pyrrole nitrogens is 1. The van der Waals surface area contributed by atoms with Gasteiger partial charge in [-0.15, -0.1) is 0 Å². The van der Waals surface area contributed by atoms with Gasteiger partial charge in [-0.05, 0) is 18.8 Å². The van der Waals surface area contributed by atoms with E-state index in [-0.39, 0.29) is 31.3 Å². The first kappa shape index (κ1) is 24.9. The molecule has 0 spiro atoms. The van der Waals surface area contributed by atoms with Crippen LogP contribution in [0.3, 0.4) is 0 Å². The van der Waals surface area contributed by atoms with Crippen LogP contribution in [-0.2, 0) is 20.8 Å². The van der Waals surface area contributed by atoms with Gasteiger partial charge in [-0.2, -0.15) is 0 Å². The zero-order chi connectivity index (χ0) is 22.7. The van der Waals surface area contributed by atoms with Crippen LogP contribution in [0.25, 0.3) is 0 Å². The van der Waals surface area contributed by atoms with Crippen molar-refractivity contribution in [3.05, 3.63) is 18.2 Å². The quantitative estimate of drug-likeness (QED) is 0.111. The van der Waals surface area contributed by atoms with Crippen molar-refractivity contribution >= 4 is 23.7 Å². The van der Waals surface area contributed by atoms with Crippen LogP contribution in [0.2, 0.25) is 0 Å². The van der Waals surface area contributed by atoms with Gasteiger partial charge in [0.15, 0.2) is 5.96 Å². The molecule has 0 aliphatic heterocycles. The van der Waals surface area contributed by atoms with Gasteiger partial charge in [0.2, 0.25) is 11.8 Å². The predicted molar refractivity (Wildman–Crippen MR) is 111 cm³/mol. The van der Waals surface area contributed by atoms with Crippen LogP contribution in [0.4, 0.5) is 0 Å². The lowest BCUT2D eigenvalue weighted by Gasteiger charge is -2.24. The fraction of sp³-hybridized carbons (Fsp3) is 0.611. The van der Waals surface area contributed by atoms with E-state index in [2.05, 4.69) is 25.6 Å². The Labute approximate surface area is 175 Å². The van der Waals surface area contributed by atoms with E-state index < -0.39 is 35.9 Å². The standard InChI is InChI=1S/C18H32N8O4/c1-3-10(2)14(19)16(28)25-12(5-4-6-23-18(20)21)15(27)26-13(17(29)30)7-11-8-22-9-24-11/h8-10,12-14H,3-7,19H2,1-2H3,(H,22,24)(H,25,28)(H,26,27)(H,29,30)(H4,20,21,23). The van der Waals surface area contributed by atoms with Crippen molar-refractivity contribution in [3.63, 3.8) is 0 Å². The molecule has 12 nitrogen and oxygen atoms in total. The van der Waals surface area contributed by atoms with Crippen molar-refractivity contribution in [2.24, 2.45) is 28.1 Å². The molecule has 0 saturated heterocycles. The molecule has 168 valence electrons. The summed E-state index contributed by atoms with van der Waals surface area (Å²) >= 11 is 0. The maximum absolute atomic E-state index is 12.8. The number of carbonyl (C=O) groups is 3. The molecular formula is C18H32N8O4. The molecule has 0 aliphatic rings. The number of guanidine groups is 1. The highest BCUT2D eigenvalue weighted by Gasteiger charge is 2.29. The molecule has 0 saturated carbocycles. The summed E-state index contributed by atoms with van der Waals surface area (Å²) in [6, 6.07) is -2.97. The Balaban J connectivity index is 2.85. The third kappa shape index (κ3) is 8.47. The van der Waals surface area contributed by atoms with Crippen LogP contribution < -0.4 is 27.8 Å². The van der Waals surface area contributed by atoms with Gasteiger partial charge in [0.1, 0.15) is 12.1 Å².